The zero-order valence-corrected chi connectivity index (χ0v) is 12.3. The third kappa shape index (κ3) is 3.34. The van der Waals surface area contributed by atoms with Gasteiger partial charge in [-0.25, -0.2) is 14.4 Å². The SMILES string of the molecule is OC(CSc1nc2ncc(Cl)cc2[nH]1)c1ccc(F)cc1. The van der Waals surface area contributed by atoms with Gasteiger partial charge in [-0.05, 0) is 23.8 Å². The van der Waals surface area contributed by atoms with Gasteiger partial charge in [0.2, 0.25) is 0 Å². The molecule has 0 radical (unpaired) electrons. The first-order chi connectivity index (χ1) is 10.1. The molecule has 3 aromatic rings. The largest absolute Gasteiger partial charge is 0.388 e. The highest BCUT2D eigenvalue weighted by Crippen LogP contribution is 2.25. The number of halogens is 2. The molecule has 2 aromatic heterocycles. The number of benzene rings is 1. The average molecular weight is 324 g/mol. The number of aliphatic hydroxyl groups is 1. The molecule has 2 heterocycles. The number of hydrogen-bond donors (Lipinski definition) is 2. The van der Waals surface area contributed by atoms with Crippen molar-refractivity contribution in [1.29, 1.82) is 0 Å². The van der Waals surface area contributed by atoms with Crippen LogP contribution in [-0.4, -0.2) is 25.8 Å². The molecular weight excluding hydrogens is 313 g/mol. The van der Waals surface area contributed by atoms with Crippen LogP contribution in [0.3, 0.4) is 0 Å². The summed E-state index contributed by atoms with van der Waals surface area (Å²) in [7, 11) is 0. The normalized spacial score (nSPS) is 12.7. The average Bonchev–Trinajstić information content (AvgIpc) is 2.87. The number of fused-ring (bicyclic) bond motifs is 1. The summed E-state index contributed by atoms with van der Waals surface area (Å²) < 4.78 is 12.8. The molecule has 21 heavy (non-hydrogen) atoms. The number of thioether (sulfide) groups is 1. The number of rotatable bonds is 4. The standard InChI is InChI=1S/C14H11ClFN3OS/c15-9-5-11-13(17-6-9)19-14(18-11)21-7-12(20)8-1-3-10(16)4-2-8/h1-6,12,20H,7H2,(H,17,18,19). The maximum atomic E-state index is 12.8. The number of aromatic amines is 1. The Morgan fingerprint density at radius 1 is 1.33 bits per heavy atom. The van der Waals surface area contributed by atoms with Crippen LogP contribution in [0.1, 0.15) is 11.7 Å². The molecule has 0 bridgehead atoms. The molecule has 1 atom stereocenters. The minimum Gasteiger partial charge on any atom is -0.388 e. The zero-order chi connectivity index (χ0) is 14.8. The van der Waals surface area contributed by atoms with Crippen LogP contribution in [0.4, 0.5) is 4.39 Å². The highest BCUT2D eigenvalue weighted by molar-refractivity contribution is 7.99. The lowest BCUT2D eigenvalue weighted by Gasteiger charge is -2.09. The molecule has 1 aromatic carbocycles. The maximum Gasteiger partial charge on any atom is 0.178 e. The van der Waals surface area contributed by atoms with Gasteiger partial charge in [0.1, 0.15) is 5.82 Å². The third-order valence-electron chi connectivity index (χ3n) is 2.92. The minimum atomic E-state index is -0.694. The molecule has 7 heteroatoms. The van der Waals surface area contributed by atoms with Crippen LogP contribution in [0.2, 0.25) is 5.02 Å². The number of hydrogen-bond acceptors (Lipinski definition) is 4. The Morgan fingerprint density at radius 2 is 2.10 bits per heavy atom. The highest BCUT2D eigenvalue weighted by Gasteiger charge is 2.11. The predicted molar refractivity (Wildman–Crippen MR) is 81.0 cm³/mol. The number of nitrogens with zero attached hydrogens (tertiary/aromatic N) is 2. The second-order valence-corrected chi connectivity index (χ2v) is 5.89. The van der Waals surface area contributed by atoms with E-state index in [0.717, 1.165) is 5.52 Å². The van der Waals surface area contributed by atoms with E-state index in [1.807, 2.05) is 0 Å². The smallest absolute Gasteiger partial charge is 0.178 e. The molecule has 2 N–H and O–H groups in total. The van der Waals surface area contributed by atoms with Crippen molar-refractivity contribution in [2.75, 3.05) is 5.75 Å². The summed E-state index contributed by atoms with van der Waals surface area (Å²) in [6.07, 6.45) is 0.840. The molecule has 0 saturated heterocycles. The Hall–Kier alpha value is -1.63. The first-order valence-corrected chi connectivity index (χ1v) is 7.56. The third-order valence-corrected chi connectivity index (χ3v) is 4.07. The molecule has 0 fully saturated rings. The van der Waals surface area contributed by atoms with Crippen molar-refractivity contribution in [3.8, 4) is 0 Å². The molecule has 0 aliphatic heterocycles. The zero-order valence-electron chi connectivity index (χ0n) is 10.8. The van der Waals surface area contributed by atoms with Gasteiger partial charge < -0.3 is 10.1 Å². The van der Waals surface area contributed by atoms with E-state index in [-0.39, 0.29) is 5.82 Å². The fraction of sp³-hybridized carbons (Fsp3) is 0.143. The fourth-order valence-corrected chi connectivity index (χ4v) is 2.86. The molecule has 108 valence electrons. The van der Waals surface area contributed by atoms with Crippen molar-refractivity contribution >= 4 is 34.5 Å². The van der Waals surface area contributed by atoms with Crippen molar-refractivity contribution in [2.24, 2.45) is 0 Å². The second-order valence-electron chi connectivity index (χ2n) is 4.45. The number of pyridine rings is 1. The predicted octanol–water partition coefficient (Wildman–Crippen LogP) is 3.58. The van der Waals surface area contributed by atoms with Gasteiger partial charge in [-0.1, -0.05) is 35.5 Å². The van der Waals surface area contributed by atoms with Crippen molar-refractivity contribution in [3.05, 3.63) is 52.9 Å². The van der Waals surface area contributed by atoms with Gasteiger partial charge in [-0.15, -0.1) is 0 Å². The summed E-state index contributed by atoms with van der Waals surface area (Å²) in [5.74, 6) is 0.0815. The minimum absolute atomic E-state index is 0.321. The highest BCUT2D eigenvalue weighted by atomic mass is 35.5. The van der Waals surface area contributed by atoms with Crippen LogP contribution >= 0.6 is 23.4 Å². The monoisotopic (exact) mass is 323 g/mol. The number of aromatic nitrogens is 3. The Morgan fingerprint density at radius 3 is 2.86 bits per heavy atom. The summed E-state index contributed by atoms with van der Waals surface area (Å²) in [5.41, 5.74) is 2.00. The Kier molecular flexibility index (Phi) is 4.10. The molecule has 3 rings (SSSR count). The lowest BCUT2D eigenvalue weighted by atomic mass is 10.1. The van der Waals surface area contributed by atoms with E-state index < -0.39 is 6.10 Å². The van der Waals surface area contributed by atoms with Gasteiger partial charge in [-0.3, -0.25) is 0 Å². The van der Waals surface area contributed by atoms with Gasteiger partial charge in [-0.2, -0.15) is 0 Å². The molecule has 1 unspecified atom stereocenters. The molecule has 0 aliphatic carbocycles. The van der Waals surface area contributed by atoms with Crippen molar-refractivity contribution in [3.63, 3.8) is 0 Å². The Balaban J connectivity index is 1.69. The molecule has 0 amide bonds. The van der Waals surface area contributed by atoms with E-state index in [4.69, 9.17) is 11.6 Å². The first-order valence-electron chi connectivity index (χ1n) is 6.19. The Bertz CT molecular complexity index is 763. The van der Waals surface area contributed by atoms with Crippen molar-refractivity contribution in [2.45, 2.75) is 11.3 Å². The summed E-state index contributed by atoms with van der Waals surface area (Å²) in [4.78, 5) is 11.5. The van der Waals surface area contributed by atoms with Gasteiger partial charge in [0.15, 0.2) is 10.8 Å². The molecule has 4 nitrogen and oxygen atoms in total. The van der Waals surface area contributed by atoms with Crippen molar-refractivity contribution < 1.29 is 9.50 Å². The van der Waals surface area contributed by atoms with Crippen LogP contribution in [0.5, 0.6) is 0 Å². The van der Waals surface area contributed by atoms with Gasteiger partial charge in [0.05, 0.1) is 16.6 Å². The second kappa shape index (κ2) is 6.01. The molecule has 0 spiro atoms. The number of imidazole rings is 1. The van der Waals surface area contributed by atoms with Gasteiger partial charge >= 0.3 is 0 Å². The summed E-state index contributed by atoms with van der Waals surface area (Å²) >= 11 is 7.23. The van der Waals surface area contributed by atoms with E-state index in [1.54, 1.807) is 18.2 Å². The maximum absolute atomic E-state index is 12.8. The van der Waals surface area contributed by atoms with E-state index in [0.29, 0.717) is 27.1 Å². The van der Waals surface area contributed by atoms with E-state index in [1.165, 1.54) is 30.1 Å². The lowest BCUT2D eigenvalue weighted by molar-refractivity contribution is 0.204. The molecule has 0 aliphatic rings. The quantitative estimate of drug-likeness (QED) is 0.720. The van der Waals surface area contributed by atoms with Crippen LogP contribution in [0.25, 0.3) is 11.2 Å². The Labute approximate surface area is 129 Å². The van der Waals surface area contributed by atoms with Gasteiger partial charge in [0, 0.05) is 11.9 Å². The lowest BCUT2D eigenvalue weighted by Crippen LogP contribution is -2.00. The first kappa shape index (κ1) is 14.3. The van der Waals surface area contributed by atoms with Crippen LogP contribution in [0, 0.1) is 5.82 Å². The topological polar surface area (TPSA) is 61.8 Å². The van der Waals surface area contributed by atoms with Gasteiger partial charge in [0.25, 0.3) is 0 Å². The van der Waals surface area contributed by atoms with Crippen molar-refractivity contribution in [1.82, 2.24) is 15.0 Å². The fourth-order valence-electron chi connectivity index (χ4n) is 1.86. The number of aliphatic hydroxyl groups excluding tert-OH is 1. The molecule has 0 saturated carbocycles. The van der Waals surface area contributed by atoms with Crippen LogP contribution in [-0.2, 0) is 0 Å². The van der Waals surface area contributed by atoms with E-state index in [9.17, 15) is 9.50 Å². The number of H-pyrrole nitrogens is 1. The summed E-state index contributed by atoms with van der Waals surface area (Å²) in [6.45, 7) is 0. The van der Waals surface area contributed by atoms with Crippen LogP contribution < -0.4 is 0 Å². The summed E-state index contributed by atoms with van der Waals surface area (Å²) in [6, 6.07) is 7.55. The van der Waals surface area contributed by atoms with E-state index in [2.05, 4.69) is 15.0 Å². The molecular formula is C14H11ClFN3OS. The van der Waals surface area contributed by atoms with E-state index >= 15 is 0 Å². The summed E-state index contributed by atoms with van der Waals surface area (Å²) in [5, 5.41) is 11.3. The number of nitrogens with one attached hydrogen (secondary N) is 1. The van der Waals surface area contributed by atoms with Crippen LogP contribution in [0.15, 0.2) is 41.7 Å².